The molecular formula is C20H20N2O4S2. The summed E-state index contributed by atoms with van der Waals surface area (Å²) < 4.78 is 31.8. The van der Waals surface area contributed by atoms with Crippen molar-refractivity contribution in [1.29, 1.82) is 0 Å². The molecule has 2 atom stereocenters. The third kappa shape index (κ3) is 4.04. The molecule has 1 aliphatic heterocycles. The zero-order valence-corrected chi connectivity index (χ0v) is 16.8. The minimum atomic E-state index is -3.39. The van der Waals surface area contributed by atoms with Crippen LogP contribution in [-0.2, 0) is 16.4 Å². The van der Waals surface area contributed by atoms with E-state index in [1.807, 2.05) is 35.7 Å². The monoisotopic (exact) mass is 416 g/mol. The number of aliphatic hydroxyl groups excluding tert-OH is 1. The molecule has 0 saturated heterocycles. The summed E-state index contributed by atoms with van der Waals surface area (Å²) in [6, 6.07) is 12.8. The van der Waals surface area contributed by atoms with Crippen LogP contribution < -0.4 is 9.46 Å². The normalized spacial score (nSPS) is 18.9. The lowest BCUT2D eigenvalue weighted by molar-refractivity contribution is 0.0504. The molecule has 1 aromatic heterocycles. The van der Waals surface area contributed by atoms with Crippen molar-refractivity contribution in [2.24, 2.45) is 5.92 Å². The molecule has 6 nitrogen and oxygen atoms in total. The molecule has 2 aromatic carbocycles. The summed E-state index contributed by atoms with van der Waals surface area (Å²) in [7, 11) is -3.39. The Morgan fingerprint density at radius 3 is 2.86 bits per heavy atom. The molecule has 0 fully saturated rings. The fourth-order valence-electron chi connectivity index (χ4n) is 3.41. The second-order valence-corrected chi connectivity index (χ2v) is 9.34. The van der Waals surface area contributed by atoms with Crippen molar-refractivity contribution < 1.29 is 18.3 Å². The topological polar surface area (TPSA) is 88.5 Å². The lowest BCUT2D eigenvalue weighted by Crippen LogP contribution is -2.27. The van der Waals surface area contributed by atoms with Gasteiger partial charge in [-0.3, -0.25) is 4.72 Å². The number of benzene rings is 2. The van der Waals surface area contributed by atoms with E-state index in [0.717, 1.165) is 28.6 Å². The van der Waals surface area contributed by atoms with Crippen LogP contribution in [0.4, 0.5) is 5.69 Å². The predicted molar refractivity (Wildman–Crippen MR) is 110 cm³/mol. The maximum absolute atomic E-state index is 11.7. The number of rotatable bonds is 5. The summed E-state index contributed by atoms with van der Waals surface area (Å²) in [6.45, 7) is 0.401. The molecule has 0 radical (unpaired) electrons. The van der Waals surface area contributed by atoms with Crippen molar-refractivity contribution in [2.45, 2.75) is 12.5 Å². The lowest BCUT2D eigenvalue weighted by atomic mass is 9.88. The minimum absolute atomic E-state index is 0.0559. The minimum Gasteiger partial charge on any atom is -0.493 e. The van der Waals surface area contributed by atoms with Crippen molar-refractivity contribution in [1.82, 2.24) is 4.98 Å². The van der Waals surface area contributed by atoms with Gasteiger partial charge in [0, 0.05) is 22.4 Å². The van der Waals surface area contributed by atoms with Crippen LogP contribution in [0.1, 0.15) is 17.4 Å². The molecule has 0 spiro atoms. The van der Waals surface area contributed by atoms with Gasteiger partial charge in [-0.2, -0.15) is 0 Å². The summed E-state index contributed by atoms with van der Waals surface area (Å²) >= 11 is 1.54. The van der Waals surface area contributed by atoms with Crippen LogP contribution in [0.15, 0.2) is 53.4 Å². The van der Waals surface area contributed by atoms with E-state index in [-0.39, 0.29) is 5.92 Å². The van der Waals surface area contributed by atoms with Crippen LogP contribution in [0.2, 0.25) is 0 Å². The third-order valence-electron chi connectivity index (χ3n) is 4.72. The predicted octanol–water partition coefficient (Wildman–Crippen LogP) is 3.47. The SMILES string of the molecule is CS(=O)(=O)Nc1ccccc1-c1ccc2c(c1)OCC(Cc1cscn1)C2O. The van der Waals surface area contributed by atoms with E-state index >= 15 is 0 Å². The molecule has 0 amide bonds. The Morgan fingerprint density at radius 2 is 2.11 bits per heavy atom. The van der Waals surface area contributed by atoms with E-state index in [0.29, 0.717) is 24.5 Å². The summed E-state index contributed by atoms with van der Waals surface area (Å²) in [5.74, 6) is 0.563. The smallest absolute Gasteiger partial charge is 0.229 e. The number of fused-ring (bicyclic) bond motifs is 1. The number of ether oxygens (including phenoxy) is 1. The Kier molecular flexibility index (Phi) is 5.09. The largest absolute Gasteiger partial charge is 0.493 e. The van der Waals surface area contributed by atoms with Gasteiger partial charge < -0.3 is 9.84 Å². The zero-order valence-electron chi connectivity index (χ0n) is 15.2. The first-order chi connectivity index (χ1) is 13.4. The van der Waals surface area contributed by atoms with Crippen LogP contribution >= 0.6 is 11.3 Å². The van der Waals surface area contributed by atoms with Crippen molar-refractivity contribution >= 4 is 27.0 Å². The number of para-hydroxylation sites is 1. The molecule has 0 aliphatic carbocycles. The molecule has 4 rings (SSSR count). The number of aromatic nitrogens is 1. The second-order valence-electron chi connectivity index (χ2n) is 6.87. The third-order valence-corrected chi connectivity index (χ3v) is 5.95. The molecule has 0 bridgehead atoms. The summed E-state index contributed by atoms with van der Waals surface area (Å²) in [5, 5.41) is 12.8. The molecule has 28 heavy (non-hydrogen) atoms. The summed E-state index contributed by atoms with van der Waals surface area (Å²) in [6.07, 6.45) is 1.15. The van der Waals surface area contributed by atoms with E-state index in [1.165, 1.54) is 11.3 Å². The first-order valence-corrected chi connectivity index (χ1v) is 11.6. The first-order valence-electron chi connectivity index (χ1n) is 8.80. The van der Waals surface area contributed by atoms with Gasteiger partial charge >= 0.3 is 0 Å². The van der Waals surface area contributed by atoms with Gasteiger partial charge in [-0.1, -0.05) is 30.3 Å². The van der Waals surface area contributed by atoms with E-state index in [4.69, 9.17) is 4.74 Å². The molecule has 3 aromatic rings. The number of sulfonamides is 1. The number of nitrogens with zero attached hydrogens (tertiary/aromatic N) is 1. The highest BCUT2D eigenvalue weighted by Gasteiger charge is 2.30. The van der Waals surface area contributed by atoms with Gasteiger partial charge in [-0.05, 0) is 24.1 Å². The lowest BCUT2D eigenvalue weighted by Gasteiger charge is -2.30. The molecule has 2 heterocycles. The number of aliphatic hydroxyl groups is 1. The van der Waals surface area contributed by atoms with Crippen LogP contribution in [0.25, 0.3) is 11.1 Å². The van der Waals surface area contributed by atoms with Crippen molar-refractivity contribution in [3.63, 3.8) is 0 Å². The molecule has 146 valence electrons. The van der Waals surface area contributed by atoms with Gasteiger partial charge in [0.1, 0.15) is 5.75 Å². The van der Waals surface area contributed by atoms with Crippen molar-refractivity contribution in [3.8, 4) is 16.9 Å². The van der Waals surface area contributed by atoms with E-state index in [2.05, 4.69) is 9.71 Å². The molecule has 1 aliphatic rings. The standard InChI is InChI=1S/C20H20N2O4S2/c1-28(24,25)22-18-5-3-2-4-16(18)13-6-7-17-19(9-13)26-10-14(20(17)23)8-15-11-27-12-21-15/h2-7,9,11-12,14,20,22-23H,8,10H2,1H3. The highest BCUT2D eigenvalue weighted by Crippen LogP contribution is 2.40. The zero-order chi connectivity index (χ0) is 19.7. The van der Waals surface area contributed by atoms with Crippen molar-refractivity contribution in [3.05, 3.63) is 64.6 Å². The average molecular weight is 417 g/mol. The van der Waals surface area contributed by atoms with Gasteiger partial charge in [-0.15, -0.1) is 11.3 Å². The maximum Gasteiger partial charge on any atom is 0.229 e. The van der Waals surface area contributed by atoms with Crippen molar-refractivity contribution in [2.75, 3.05) is 17.6 Å². The van der Waals surface area contributed by atoms with E-state index in [1.54, 1.807) is 17.6 Å². The number of nitrogens with one attached hydrogen (secondary N) is 1. The van der Waals surface area contributed by atoms with Gasteiger partial charge in [0.05, 0.1) is 35.9 Å². The number of thiazole rings is 1. The molecule has 2 unspecified atom stereocenters. The fraction of sp³-hybridized carbons (Fsp3) is 0.250. The highest BCUT2D eigenvalue weighted by molar-refractivity contribution is 7.92. The Hall–Kier alpha value is -2.42. The van der Waals surface area contributed by atoms with Crippen LogP contribution in [-0.4, -0.2) is 31.4 Å². The Morgan fingerprint density at radius 1 is 1.29 bits per heavy atom. The maximum atomic E-state index is 11.7. The molecule has 0 saturated carbocycles. The van der Waals surface area contributed by atoms with Crippen LogP contribution in [0.3, 0.4) is 0 Å². The van der Waals surface area contributed by atoms with Gasteiger partial charge in [-0.25, -0.2) is 13.4 Å². The Labute approximate surface area is 167 Å². The van der Waals surface area contributed by atoms with Crippen LogP contribution in [0, 0.1) is 5.92 Å². The van der Waals surface area contributed by atoms with Gasteiger partial charge in [0.25, 0.3) is 0 Å². The van der Waals surface area contributed by atoms with E-state index in [9.17, 15) is 13.5 Å². The number of anilines is 1. The van der Waals surface area contributed by atoms with Gasteiger partial charge in [0.2, 0.25) is 10.0 Å². The average Bonchev–Trinajstić information content (AvgIpc) is 3.16. The Bertz CT molecular complexity index is 1080. The summed E-state index contributed by atoms with van der Waals surface area (Å²) in [4.78, 5) is 4.29. The fourth-order valence-corrected chi connectivity index (χ4v) is 4.56. The summed E-state index contributed by atoms with van der Waals surface area (Å²) in [5.41, 5.74) is 5.55. The van der Waals surface area contributed by atoms with Crippen LogP contribution in [0.5, 0.6) is 5.75 Å². The quantitative estimate of drug-likeness (QED) is 0.665. The highest BCUT2D eigenvalue weighted by atomic mass is 32.2. The van der Waals surface area contributed by atoms with E-state index < -0.39 is 16.1 Å². The number of hydrogen-bond donors (Lipinski definition) is 2. The number of hydrogen-bond acceptors (Lipinski definition) is 6. The Balaban J connectivity index is 1.63. The molecule has 8 heteroatoms. The second kappa shape index (κ2) is 7.54. The van der Waals surface area contributed by atoms with Gasteiger partial charge in [0.15, 0.2) is 0 Å². The molecular weight excluding hydrogens is 396 g/mol. The first kappa shape index (κ1) is 18.9. The molecule has 2 N–H and O–H groups in total.